The molecule has 2 rings (SSSR count). The van der Waals surface area contributed by atoms with Crippen LogP contribution in [0.1, 0.15) is 57.8 Å². The average Bonchev–Trinajstić information content (AvgIpc) is 2.85. The fraction of sp³-hybridized carbons (Fsp3) is 0.867. The van der Waals surface area contributed by atoms with Crippen molar-refractivity contribution in [1.82, 2.24) is 10.2 Å². The van der Waals surface area contributed by atoms with Gasteiger partial charge in [-0.2, -0.15) is 0 Å². The number of hydrogen-bond donors (Lipinski definition) is 2. The highest BCUT2D eigenvalue weighted by molar-refractivity contribution is 5.79. The number of carbonyl (C=O) groups is 2. The van der Waals surface area contributed by atoms with Crippen molar-refractivity contribution in [3.05, 3.63) is 0 Å². The number of nitrogens with zero attached hydrogens (tertiary/aromatic N) is 1. The minimum absolute atomic E-state index is 0.0232. The third-order valence-corrected chi connectivity index (χ3v) is 4.48. The van der Waals surface area contributed by atoms with Crippen LogP contribution in [0.15, 0.2) is 0 Å². The van der Waals surface area contributed by atoms with E-state index in [1.165, 1.54) is 0 Å². The van der Waals surface area contributed by atoms with E-state index >= 15 is 0 Å². The van der Waals surface area contributed by atoms with Gasteiger partial charge >= 0.3 is 0 Å². The van der Waals surface area contributed by atoms with Gasteiger partial charge in [-0.15, -0.1) is 0 Å². The highest BCUT2D eigenvalue weighted by atomic mass is 16.3. The zero-order valence-corrected chi connectivity index (χ0v) is 12.2. The Kier molecular flexibility index (Phi) is 5.40. The second-order valence-corrected chi connectivity index (χ2v) is 6.12. The van der Waals surface area contributed by atoms with Gasteiger partial charge in [0.15, 0.2) is 0 Å². The number of rotatable bonds is 6. The molecule has 0 spiro atoms. The van der Waals surface area contributed by atoms with E-state index in [-0.39, 0.29) is 11.8 Å². The van der Waals surface area contributed by atoms with Crippen molar-refractivity contribution in [1.29, 1.82) is 0 Å². The highest BCUT2D eigenvalue weighted by Gasteiger charge is 2.30. The Hall–Kier alpha value is -1.10. The third-order valence-electron chi connectivity index (χ3n) is 4.48. The van der Waals surface area contributed by atoms with E-state index in [0.29, 0.717) is 32.4 Å². The number of piperidine rings is 1. The van der Waals surface area contributed by atoms with Crippen LogP contribution < -0.4 is 5.32 Å². The highest BCUT2D eigenvalue weighted by Crippen LogP contribution is 2.31. The molecule has 1 saturated carbocycles. The Morgan fingerprint density at radius 1 is 1.25 bits per heavy atom. The van der Waals surface area contributed by atoms with Crippen LogP contribution in [0.4, 0.5) is 0 Å². The molecule has 1 heterocycles. The molecule has 0 aromatic carbocycles. The maximum absolute atomic E-state index is 11.7. The predicted molar refractivity (Wildman–Crippen MR) is 76.1 cm³/mol. The molecule has 5 heteroatoms. The van der Waals surface area contributed by atoms with Gasteiger partial charge in [-0.3, -0.25) is 9.59 Å². The Labute approximate surface area is 120 Å². The van der Waals surface area contributed by atoms with Crippen LogP contribution >= 0.6 is 0 Å². The number of aliphatic hydroxyl groups is 1. The average molecular weight is 282 g/mol. The van der Waals surface area contributed by atoms with Gasteiger partial charge in [0, 0.05) is 32.5 Å². The van der Waals surface area contributed by atoms with Crippen molar-refractivity contribution in [2.45, 2.75) is 63.4 Å². The molecule has 20 heavy (non-hydrogen) atoms. The topological polar surface area (TPSA) is 69.6 Å². The van der Waals surface area contributed by atoms with Crippen molar-refractivity contribution in [3.63, 3.8) is 0 Å². The lowest BCUT2D eigenvalue weighted by molar-refractivity contribution is -0.133. The summed E-state index contributed by atoms with van der Waals surface area (Å²) in [5, 5.41) is 13.0. The van der Waals surface area contributed by atoms with E-state index < -0.39 is 5.60 Å². The first kappa shape index (κ1) is 15.3. The van der Waals surface area contributed by atoms with Crippen LogP contribution in [-0.2, 0) is 9.59 Å². The van der Waals surface area contributed by atoms with Gasteiger partial charge in [-0.1, -0.05) is 12.8 Å². The summed E-state index contributed by atoms with van der Waals surface area (Å²) in [7, 11) is 0. The summed E-state index contributed by atoms with van der Waals surface area (Å²) in [5.74, 6) is 0.147. The summed E-state index contributed by atoms with van der Waals surface area (Å²) in [6, 6.07) is 0. The summed E-state index contributed by atoms with van der Waals surface area (Å²) in [6.45, 7) is 1.84. The van der Waals surface area contributed by atoms with Crippen LogP contribution in [0, 0.1) is 0 Å². The molecule has 1 aliphatic carbocycles. The van der Waals surface area contributed by atoms with E-state index in [1.54, 1.807) is 4.90 Å². The molecule has 0 aromatic rings. The lowest BCUT2D eigenvalue weighted by Crippen LogP contribution is -2.39. The SMILES string of the molecule is O=C(CCN1CCCCC1=O)NCCC1(O)CCCC1. The van der Waals surface area contributed by atoms with Crippen molar-refractivity contribution < 1.29 is 14.7 Å². The van der Waals surface area contributed by atoms with Crippen LogP contribution in [0.5, 0.6) is 0 Å². The van der Waals surface area contributed by atoms with E-state index in [1.807, 2.05) is 0 Å². The molecule has 114 valence electrons. The van der Waals surface area contributed by atoms with Gasteiger partial charge in [0.2, 0.25) is 11.8 Å². The van der Waals surface area contributed by atoms with Crippen molar-refractivity contribution in [2.24, 2.45) is 0 Å². The van der Waals surface area contributed by atoms with Gasteiger partial charge in [0.05, 0.1) is 5.60 Å². The molecule has 2 N–H and O–H groups in total. The van der Waals surface area contributed by atoms with Crippen LogP contribution in [-0.4, -0.2) is 47.1 Å². The molecular weight excluding hydrogens is 256 g/mol. The molecule has 2 aliphatic rings. The lowest BCUT2D eigenvalue weighted by atomic mass is 9.98. The minimum atomic E-state index is -0.559. The Morgan fingerprint density at radius 3 is 2.70 bits per heavy atom. The molecule has 0 unspecified atom stereocenters. The quantitative estimate of drug-likeness (QED) is 0.769. The molecule has 1 saturated heterocycles. The molecule has 0 bridgehead atoms. The first-order valence-corrected chi connectivity index (χ1v) is 7.86. The number of amides is 2. The van der Waals surface area contributed by atoms with Crippen molar-refractivity contribution in [3.8, 4) is 0 Å². The smallest absolute Gasteiger partial charge is 0.222 e. The number of likely N-dealkylation sites (tertiary alicyclic amines) is 1. The minimum Gasteiger partial charge on any atom is -0.390 e. The van der Waals surface area contributed by atoms with E-state index in [2.05, 4.69) is 5.32 Å². The first-order chi connectivity index (χ1) is 9.59. The largest absolute Gasteiger partial charge is 0.390 e. The molecule has 0 atom stereocenters. The molecule has 0 radical (unpaired) electrons. The Balaban J connectivity index is 1.59. The maximum atomic E-state index is 11.7. The molecule has 2 fully saturated rings. The van der Waals surface area contributed by atoms with E-state index in [9.17, 15) is 14.7 Å². The van der Waals surface area contributed by atoms with Gasteiger partial charge in [0.25, 0.3) is 0 Å². The first-order valence-electron chi connectivity index (χ1n) is 7.86. The van der Waals surface area contributed by atoms with Crippen LogP contribution in [0.2, 0.25) is 0 Å². The van der Waals surface area contributed by atoms with Crippen LogP contribution in [0.3, 0.4) is 0 Å². The maximum Gasteiger partial charge on any atom is 0.222 e. The summed E-state index contributed by atoms with van der Waals surface area (Å²) in [6.07, 6.45) is 7.51. The normalized spacial score (nSPS) is 22.1. The van der Waals surface area contributed by atoms with Gasteiger partial charge < -0.3 is 15.3 Å². The molecule has 1 aliphatic heterocycles. The zero-order chi connectivity index (χ0) is 14.4. The summed E-state index contributed by atoms with van der Waals surface area (Å²) < 4.78 is 0. The summed E-state index contributed by atoms with van der Waals surface area (Å²) >= 11 is 0. The summed E-state index contributed by atoms with van der Waals surface area (Å²) in [4.78, 5) is 25.1. The van der Waals surface area contributed by atoms with Crippen molar-refractivity contribution >= 4 is 11.8 Å². The molecule has 5 nitrogen and oxygen atoms in total. The Bertz CT molecular complexity index is 351. The number of carbonyl (C=O) groups excluding carboxylic acids is 2. The van der Waals surface area contributed by atoms with Gasteiger partial charge in [-0.05, 0) is 32.1 Å². The van der Waals surface area contributed by atoms with Gasteiger partial charge in [0.1, 0.15) is 0 Å². The summed E-state index contributed by atoms with van der Waals surface area (Å²) in [5.41, 5.74) is -0.559. The van der Waals surface area contributed by atoms with Gasteiger partial charge in [-0.25, -0.2) is 0 Å². The third kappa shape index (κ3) is 4.47. The standard InChI is InChI=1S/C15H26N2O3/c18-13(6-12-17-11-4-1-5-14(17)19)16-10-9-15(20)7-2-3-8-15/h20H,1-12H2,(H,16,18). The monoisotopic (exact) mass is 282 g/mol. The van der Waals surface area contributed by atoms with Crippen molar-refractivity contribution in [2.75, 3.05) is 19.6 Å². The fourth-order valence-electron chi connectivity index (χ4n) is 3.14. The lowest BCUT2D eigenvalue weighted by Gasteiger charge is -2.26. The second kappa shape index (κ2) is 7.07. The number of hydrogen-bond acceptors (Lipinski definition) is 3. The number of nitrogens with one attached hydrogen (secondary N) is 1. The molecule has 0 aromatic heterocycles. The fourth-order valence-corrected chi connectivity index (χ4v) is 3.14. The van der Waals surface area contributed by atoms with E-state index in [0.717, 1.165) is 45.1 Å². The second-order valence-electron chi connectivity index (χ2n) is 6.12. The Morgan fingerprint density at radius 2 is 2.00 bits per heavy atom. The molecular formula is C15H26N2O3. The molecule has 2 amide bonds. The van der Waals surface area contributed by atoms with Crippen LogP contribution in [0.25, 0.3) is 0 Å². The van der Waals surface area contributed by atoms with E-state index in [4.69, 9.17) is 0 Å². The zero-order valence-electron chi connectivity index (χ0n) is 12.2. The predicted octanol–water partition coefficient (Wildman–Crippen LogP) is 1.20.